The van der Waals surface area contributed by atoms with Crippen molar-refractivity contribution in [1.82, 2.24) is 15.6 Å². The van der Waals surface area contributed by atoms with Crippen LogP contribution >= 0.6 is 0 Å². The number of carbonyl (C=O) groups excluding carboxylic acids is 2. The molecule has 1 fully saturated rings. The monoisotopic (exact) mass is 362 g/mol. The van der Waals surface area contributed by atoms with Crippen molar-refractivity contribution in [2.24, 2.45) is 10.8 Å². The molecule has 7 heteroatoms. The van der Waals surface area contributed by atoms with Gasteiger partial charge in [-0.05, 0) is 37.0 Å². The Labute approximate surface area is 154 Å². The van der Waals surface area contributed by atoms with Crippen LogP contribution in [0.3, 0.4) is 0 Å². The summed E-state index contributed by atoms with van der Waals surface area (Å²) in [5.74, 6) is 0.337. The van der Waals surface area contributed by atoms with Gasteiger partial charge < -0.3 is 15.6 Å². The molecule has 1 aliphatic carbocycles. The van der Waals surface area contributed by atoms with Crippen LogP contribution in [0.2, 0.25) is 0 Å². The fourth-order valence-corrected chi connectivity index (χ4v) is 4.30. The Balaban J connectivity index is 2.03. The number of pyridine rings is 1. The molecule has 4 N–H and O–H groups in total. The number of urea groups is 1. The molecule has 1 aliphatic rings. The molecular weight excluding hydrogens is 332 g/mol. The van der Waals surface area contributed by atoms with E-state index in [9.17, 15) is 14.4 Å². The summed E-state index contributed by atoms with van der Waals surface area (Å²) >= 11 is 0. The number of aryl methyl sites for hydroxylation is 1. The Morgan fingerprint density at radius 2 is 1.92 bits per heavy atom. The molecule has 7 nitrogen and oxygen atoms in total. The highest BCUT2D eigenvalue weighted by Gasteiger charge is 2.41. The SMILES string of the molecule is CC(=O)NCC1(C)CC(NC(=O)Nc2cc(=O)cc(C)[nH]2)CC(C)(C)C1. The summed E-state index contributed by atoms with van der Waals surface area (Å²) in [6, 6.07) is 2.49. The molecule has 0 aliphatic heterocycles. The van der Waals surface area contributed by atoms with Crippen LogP contribution in [0.1, 0.15) is 52.7 Å². The first-order valence-electron chi connectivity index (χ1n) is 8.99. The molecular formula is C19H30N4O3. The molecule has 1 aromatic rings. The third-order valence-electron chi connectivity index (χ3n) is 4.77. The maximum absolute atomic E-state index is 12.4. The van der Waals surface area contributed by atoms with Crippen LogP contribution in [0.4, 0.5) is 10.6 Å². The zero-order chi connectivity index (χ0) is 19.5. The Kier molecular flexibility index (Phi) is 5.78. The fourth-order valence-electron chi connectivity index (χ4n) is 4.30. The van der Waals surface area contributed by atoms with E-state index in [1.165, 1.54) is 19.1 Å². The first-order chi connectivity index (χ1) is 12.0. The second-order valence-corrected chi connectivity index (χ2v) is 8.68. The summed E-state index contributed by atoms with van der Waals surface area (Å²) in [5.41, 5.74) is 0.511. The van der Waals surface area contributed by atoms with E-state index in [0.29, 0.717) is 18.1 Å². The molecule has 2 unspecified atom stereocenters. The Morgan fingerprint density at radius 1 is 1.23 bits per heavy atom. The standard InChI is InChI=1S/C19H30N4O3/c1-12-6-15(25)7-16(21-12)23-17(26)22-14-8-18(3,4)10-19(5,9-14)11-20-13(2)24/h6-7,14H,8-11H2,1-5H3,(H,20,24)(H3,21,22,23,25,26). The minimum atomic E-state index is -0.337. The average Bonchev–Trinajstić information content (AvgIpc) is 2.41. The van der Waals surface area contributed by atoms with Gasteiger partial charge in [0, 0.05) is 37.3 Å². The molecule has 1 aromatic heterocycles. The lowest BCUT2D eigenvalue weighted by Gasteiger charge is -2.46. The van der Waals surface area contributed by atoms with E-state index in [0.717, 1.165) is 19.3 Å². The number of aromatic nitrogens is 1. The van der Waals surface area contributed by atoms with Crippen molar-refractivity contribution in [3.63, 3.8) is 0 Å². The minimum absolute atomic E-state index is 0.00552. The lowest BCUT2D eigenvalue weighted by molar-refractivity contribution is -0.119. The number of H-pyrrole nitrogens is 1. The van der Waals surface area contributed by atoms with E-state index < -0.39 is 0 Å². The second-order valence-electron chi connectivity index (χ2n) is 8.68. The van der Waals surface area contributed by atoms with Crippen molar-refractivity contribution in [1.29, 1.82) is 0 Å². The fraction of sp³-hybridized carbons (Fsp3) is 0.632. The second kappa shape index (κ2) is 7.51. The maximum Gasteiger partial charge on any atom is 0.320 e. The highest BCUT2D eigenvalue weighted by molar-refractivity contribution is 5.88. The van der Waals surface area contributed by atoms with Crippen LogP contribution in [0, 0.1) is 17.8 Å². The Morgan fingerprint density at radius 3 is 2.54 bits per heavy atom. The van der Waals surface area contributed by atoms with Crippen molar-refractivity contribution >= 4 is 17.8 Å². The van der Waals surface area contributed by atoms with Gasteiger partial charge >= 0.3 is 6.03 Å². The van der Waals surface area contributed by atoms with Crippen LogP contribution in [0.5, 0.6) is 0 Å². The van der Waals surface area contributed by atoms with Gasteiger partial charge in [0.15, 0.2) is 5.43 Å². The van der Waals surface area contributed by atoms with Gasteiger partial charge in [-0.25, -0.2) is 4.79 Å². The Hall–Kier alpha value is -2.31. The van der Waals surface area contributed by atoms with E-state index in [2.05, 4.69) is 41.7 Å². The number of hydrogen-bond acceptors (Lipinski definition) is 3. The van der Waals surface area contributed by atoms with Crippen molar-refractivity contribution in [3.8, 4) is 0 Å². The Bertz CT molecular complexity index is 741. The predicted molar refractivity (Wildman–Crippen MR) is 102 cm³/mol. The number of nitrogens with one attached hydrogen (secondary N) is 4. The molecule has 0 radical (unpaired) electrons. The predicted octanol–water partition coefficient (Wildman–Crippen LogP) is 2.53. The molecule has 3 amide bonds. The van der Waals surface area contributed by atoms with Crippen LogP contribution in [0.15, 0.2) is 16.9 Å². The molecule has 0 spiro atoms. The molecule has 2 atom stereocenters. The molecule has 0 bridgehead atoms. The van der Waals surface area contributed by atoms with E-state index in [4.69, 9.17) is 0 Å². The number of anilines is 1. The van der Waals surface area contributed by atoms with Crippen molar-refractivity contribution < 1.29 is 9.59 Å². The van der Waals surface area contributed by atoms with Gasteiger partial charge in [-0.15, -0.1) is 0 Å². The first-order valence-corrected chi connectivity index (χ1v) is 8.99. The largest absolute Gasteiger partial charge is 0.356 e. The molecule has 144 valence electrons. The third kappa shape index (κ3) is 5.89. The molecule has 1 heterocycles. The summed E-state index contributed by atoms with van der Waals surface area (Å²) in [7, 11) is 0. The van der Waals surface area contributed by atoms with E-state index in [-0.39, 0.29) is 34.2 Å². The van der Waals surface area contributed by atoms with Gasteiger partial charge in [0.05, 0.1) is 0 Å². The van der Waals surface area contributed by atoms with Crippen LogP contribution in [-0.2, 0) is 4.79 Å². The molecule has 0 aromatic carbocycles. The van der Waals surface area contributed by atoms with Crippen LogP contribution in [0.25, 0.3) is 0 Å². The van der Waals surface area contributed by atoms with E-state index in [1.54, 1.807) is 6.92 Å². The van der Waals surface area contributed by atoms with Gasteiger partial charge in [0.1, 0.15) is 5.82 Å². The zero-order valence-electron chi connectivity index (χ0n) is 16.3. The zero-order valence-corrected chi connectivity index (χ0v) is 16.3. The van der Waals surface area contributed by atoms with Crippen molar-refractivity contribution in [2.45, 2.75) is 59.9 Å². The summed E-state index contributed by atoms with van der Waals surface area (Å²) in [5, 5.41) is 8.63. The highest BCUT2D eigenvalue weighted by atomic mass is 16.2. The smallest absolute Gasteiger partial charge is 0.320 e. The molecule has 2 rings (SSSR count). The van der Waals surface area contributed by atoms with E-state index in [1.807, 2.05) is 0 Å². The number of rotatable bonds is 4. The number of hydrogen-bond donors (Lipinski definition) is 4. The van der Waals surface area contributed by atoms with Crippen LogP contribution in [-0.4, -0.2) is 29.5 Å². The topological polar surface area (TPSA) is 103 Å². The van der Waals surface area contributed by atoms with Gasteiger partial charge in [-0.1, -0.05) is 20.8 Å². The van der Waals surface area contributed by atoms with Crippen molar-refractivity contribution in [3.05, 3.63) is 28.0 Å². The van der Waals surface area contributed by atoms with Gasteiger partial charge in [0.25, 0.3) is 0 Å². The first kappa shape index (κ1) is 20.0. The average molecular weight is 362 g/mol. The number of carbonyl (C=O) groups is 2. The number of amides is 3. The van der Waals surface area contributed by atoms with Gasteiger partial charge in [-0.2, -0.15) is 0 Å². The minimum Gasteiger partial charge on any atom is -0.356 e. The van der Waals surface area contributed by atoms with Gasteiger partial charge in [0.2, 0.25) is 5.91 Å². The van der Waals surface area contributed by atoms with E-state index >= 15 is 0 Å². The summed E-state index contributed by atoms with van der Waals surface area (Å²) in [6.07, 6.45) is 2.63. The van der Waals surface area contributed by atoms with Gasteiger partial charge in [-0.3, -0.25) is 14.9 Å². The summed E-state index contributed by atoms with van der Waals surface area (Å²) < 4.78 is 0. The van der Waals surface area contributed by atoms with Crippen molar-refractivity contribution in [2.75, 3.05) is 11.9 Å². The molecule has 1 saturated carbocycles. The summed E-state index contributed by atoms with van der Waals surface area (Å²) in [6.45, 7) is 10.4. The highest BCUT2D eigenvalue weighted by Crippen LogP contribution is 2.45. The normalized spacial score (nSPS) is 24.6. The van der Waals surface area contributed by atoms with Crippen LogP contribution < -0.4 is 21.4 Å². The third-order valence-corrected chi connectivity index (χ3v) is 4.77. The maximum atomic E-state index is 12.4. The lowest BCUT2D eigenvalue weighted by atomic mass is 9.62. The number of aromatic amines is 1. The molecule has 26 heavy (non-hydrogen) atoms. The molecule has 0 saturated heterocycles. The lowest BCUT2D eigenvalue weighted by Crippen LogP contribution is -2.51. The quantitative estimate of drug-likeness (QED) is 0.662. The summed E-state index contributed by atoms with van der Waals surface area (Å²) in [4.78, 5) is 38.2.